The summed E-state index contributed by atoms with van der Waals surface area (Å²) in [6, 6.07) is 16.5. The van der Waals surface area contributed by atoms with E-state index in [9.17, 15) is 8.78 Å². The molecular formula is C16H12F2O. The standard InChI is InChI=1S/C16H12F2O/c17-16(18)11-10-14-8-4-5-9-15(14)19-12-13-6-2-1-3-7-13/h1-9,16H,12H2. The molecule has 0 aliphatic rings. The predicted molar refractivity (Wildman–Crippen MR) is 70.1 cm³/mol. The largest absolute Gasteiger partial charge is 0.488 e. The van der Waals surface area contributed by atoms with Crippen LogP contribution in [-0.4, -0.2) is 6.43 Å². The van der Waals surface area contributed by atoms with Gasteiger partial charge in [-0.1, -0.05) is 48.4 Å². The Morgan fingerprint density at radius 3 is 2.37 bits per heavy atom. The predicted octanol–water partition coefficient (Wildman–Crippen LogP) is 3.88. The van der Waals surface area contributed by atoms with Gasteiger partial charge in [0.1, 0.15) is 12.4 Å². The highest BCUT2D eigenvalue weighted by atomic mass is 19.3. The van der Waals surface area contributed by atoms with Crippen molar-refractivity contribution in [3.63, 3.8) is 0 Å². The zero-order chi connectivity index (χ0) is 13.5. The lowest BCUT2D eigenvalue weighted by Crippen LogP contribution is -1.97. The van der Waals surface area contributed by atoms with Crippen LogP contribution in [0.25, 0.3) is 0 Å². The molecular weight excluding hydrogens is 246 g/mol. The molecule has 2 aromatic rings. The molecule has 0 spiro atoms. The van der Waals surface area contributed by atoms with Gasteiger partial charge in [-0.3, -0.25) is 0 Å². The van der Waals surface area contributed by atoms with E-state index in [2.05, 4.69) is 5.92 Å². The van der Waals surface area contributed by atoms with Gasteiger partial charge in [0.05, 0.1) is 5.56 Å². The summed E-state index contributed by atoms with van der Waals surface area (Å²) in [6.45, 7) is 0.383. The molecule has 2 rings (SSSR count). The topological polar surface area (TPSA) is 9.23 Å². The number of halogens is 2. The van der Waals surface area contributed by atoms with Crippen LogP contribution >= 0.6 is 0 Å². The summed E-state index contributed by atoms with van der Waals surface area (Å²) in [4.78, 5) is 0. The maximum absolute atomic E-state index is 12.1. The van der Waals surface area contributed by atoms with Crippen molar-refractivity contribution < 1.29 is 13.5 Å². The van der Waals surface area contributed by atoms with Gasteiger partial charge in [-0.2, -0.15) is 8.78 Å². The van der Waals surface area contributed by atoms with E-state index in [1.165, 1.54) is 0 Å². The summed E-state index contributed by atoms with van der Waals surface area (Å²) in [5.74, 6) is 4.77. The van der Waals surface area contributed by atoms with Gasteiger partial charge in [0.2, 0.25) is 0 Å². The van der Waals surface area contributed by atoms with Gasteiger partial charge in [-0.25, -0.2) is 0 Å². The first kappa shape index (κ1) is 13.1. The fraction of sp³-hybridized carbons (Fsp3) is 0.125. The lowest BCUT2D eigenvalue weighted by molar-refractivity contribution is 0.215. The highest BCUT2D eigenvalue weighted by molar-refractivity contribution is 5.46. The van der Waals surface area contributed by atoms with Crippen molar-refractivity contribution in [2.45, 2.75) is 13.0 Å². The van der Waals surface area contributed by atoms with Crippen molar-refractivity contribution in [1.82, 2.24) is 0 Å². The molecule has 0 heterocycles. The van der Waals surface area contributed by atoms with Gasteiger partial charge in [0, 0.05) is 0 Å². The average Bonchev–Trinajstić information content (AvgIpc) is 2.45. The van der Waals surface area contributed by atoms with Crippen molar-refractivity contribution in [2.24, 2.45) is 0 Å². The number of ether oxygens (including phenoxy) is 1. The quantitative estimate of drug-likeness (QED) is 0.759. The van der Waals surface area contributed by atoms with E-state index in [4.69, 9.17) is 4.74 Å². The smallest absolute Gasteiger partial charge is 0.299 e. The number of hydrogen-bond acceptors (Lipinski definition) is 1. The molecule has 0 saturated carbocycles. The van der Waals surface area contributed by atoms with Gasteiger partial charge in [-0.15, -0.1) is 0 Å². The van der Waals surface area contributed by atoms with Crippen LogP contribution in [0, 0.1) is 11.8 Å². The number of rotatable bonds is 3. The molecule has 0 aromatic heterocycles. The minimum absolute atomic E-state index is 0.383. The van der Waals surface area contributed by atoms with E-state index in [0.29, 0.717) is 17.9 Å². The van der Waals surface area contributed by atoms with Gasteiger partial charge < -0.3 is 4.74 Å². The van der Waals surface area contributed by atoms with Crippen molar-refractivity contribution in [2.75, 3.05) is 0 Å². The molecule has 0 radical (unpaired) electrons. The van der Waals surface area contributed by atoms with Gasteiger partial charge >= 0.3 is 0 Å². The van der Waals surface area contributed by atoms with Crippen LogP contribution in [-0.2, 0) is 6.61 Å². The zero-order valence-electron chi connectivity index (χ0n) is 10.1. The summed E-state index contributed by atoms with van der Waals surface area (Å²) in [6.07, 6.45) is -2.64. The number of benzene rings is 2. The Hall–Kier alpha value is -2.34. The Morgan fingerprint density at radius 1 is 0.947 bits per heavy atom. The fourth-order valence-electron chi connectivity index (χ4n) is 1.56. The number of hydrogen-bond donors (Lipinski definition) is 0. The molecule has 96 valence electrons. The second kappa shape index (κ2) is 6.55. The molecule has 3 heteroatoms. The second-order valence-electron chi connectivity index (χ2n) is 3.84. The molecule has 0 fully saturated rings. The van der Waals surface area contributed by atoms with Crippen LogP contribution in [0.4, 0.5) is 8.78 Å². The monoisotopic (exact) mass is 258 g/mol. The highest BCUT2D eigenvalue weighted by Gasteiger charge is 2.01. The summed E-state index contributed by atoms with van der Waals surface area (Å²) >= 11 is 0. The first-order chi connectivity index (χ1) is 9.25. The Labute approximate surface area is 110 Å². The van der Waals surface area contributed by atoms with Gasteiger partial charge in [0.15, 0.2) is 0 Å². The maximum Gasteiger partial charge on any atom is 0.299 e. The van der Waals surface area contributed by atoms with E-state index in [1.807, 2.05) is 36.3 Å². The summed E-state index contributed by atoms with van der Waals surface area (Å²) in [5.41, 5.74) is 1.48. The molecule has 0 amide bonds. The third-order valence-corrected chi connectivity index (χ3v) is 2.44. The first-order valence-corrected chi connectivity index (χ1v) is 5.81. The first-order valence-electron chi connectivity index (χ1n) is 5.81. The Balaban J connectivity index is 2.11. The second-order valence-corrected chi connectivity index (χ2v) is 3.84. The van der Waals surface area contributed by atoms with Crippen LogP contribution in [0.2, 0.25) is 0 Å². The summed E-state index contributed by atoms with van der Waals surface area (Å²) < 4.78 is 29.8. The van der Waals surface area contributed by atoms with E-state index >= 15 is 0 Å². The molecule has 0 saturated heterocycles. The highest BCUT2D eigenvalue weighted by Crippen LogP contribution is 2.18. The third kappa shape index (κ3) is 4.11. The normalized spacial score (nSPS) is 9.84. The minimum atomic E-state index is -2.64. The lowest BCUT2D eigenvalue weighted by Gasteiger charge is -2.08. The van der Waals surface area contributed by atoms with Crippen LogP contribution in [0.15, 0.2) is 54.6 Å². The fourth-order valence-corrected chi connectivity index (χ4v) is 1.56. The van der Waals surface area contributed by atoms with E-state index in [0.717, 1.165) is 5.56 Å². The van der Waals surface area contributed by atoms with Crippen LogP contribution in [0.1, 0.15) is 11.1 Å². The molecule has 19 heavy (non-hydrogen) atoms. The van der Waals surface area contributed by atoms with Crippen LogP contribution in [0.5, 0.6) is 5.75 Å². The summed E-state index contributed by atoms with van der Waals surface area (Å²) in [5, 5.41) is 0. The molecule has 0 aliphatic carbocycles. The summed E-state index contributed by atoms with van der Waals surface area (Å²) in [7, 11) is 0. The average molecular weight is 258 g/mol. The Kier molecular flexibility index (Phi) is 4.52. The van der Waals surface area contributed by atoms with E-state index < -0.39 is 6.43 Å². The molecule has 0 N–H and O–H groups in total. The zero-order valence-corrected chi connectivity index (χ0v) is 10.1. The molecule has 0 atom stereocenters. The van der Waals surface area contributed by atoms with Crippen molar-refractivity contribution in [3.8, 4) is 17.6 Å². The SMILES string of the molecule is FC(F)C#Cc1ccccc1OCc1ccccc1. The minimum Gasteiger partial charge on any atom is -0.488 e. The van der Waals surface area contributed by atoms with E-state index in [-0.39, 0.29) is 0 Å². The maximum atomic E-state index is 12.1. The van der Waals surface area contributed by atoms with Crippen molar-refractivity contribution in [1.29, 1.82) is 0 Å². The van der Waals surface area contributed by atoms with Crippen LogP contribution in [0.3, 0.4) is 0 Å². The number of para-hydroxylation sites is 1. The lowest BCUT2D eigenvalue weighted by atomic mass is 10.2. The van der Waals surface area contributed by atoms with E-state index in [1.54, 1.807) is 24.3 Å². The Bertz CT molecular complexity index is 582. The van der Waals surface area contributed by atoms with Gasteiger partial charge in [-0.05, 0) is 23.6 Å². The molecule has 0 bridgehead atoms. The molecule has 2 aromatic carbocycles. The Morgan fingerprint density at radius 2 is 1.63 bits per heavy atom. The molecule has 0 aliphatic heterocycles. The molecule has 1 nitrogen and oxygen atoms in total. The third-order valence-electron chi connectivity index (χ3n) is 2.44. The molecule has 0 unspecified atom stereocenters. The van der Waals surface area contributed by atoms with Crippen LogP contribution < -0.4 is 4.74 Å². The van der Waals surface area contributed by atoms with Crippen molar-refractivity contribution in [3.05, 3.63) is 65.7 Å². The number of alkyl halides is 2. The van der Waals surface area contributed by atoms with Gasteiger partial charge in [0.25, 0.3) is 6.43 Å². The van der Waals surface area contributed by atoms with Crippen molar-refractivity contribution >= 4 is 0 Å².